The monoisotopic (exact) mass is 383 g/mol. The number of nitrogens with one attached hydrogen (secondary N) is 1. The Bertz CT molecular complexity index is 889. The molecule has 2 aromatic carbocycles. The number of fused-ring (bicyclic) bond motifs is 1. The van der Waals surface area contributed by atoms with Gasteiger partial charge in [-0.05, 0) is 65.1 Å². The van der Waals surface area contributed by atoms with E-state index in [0.29, 0.717) is 0 Å². The number of aromatic nitrogens is 4. The summed E-state index contributed by atoms with van der Waals surface area (Å²) in [6, 6.07) is 15.3. The third-order valence-electron chi connectivity index (χ3n) is 4.72. The van der Waals surface area contributed by atoms with Gasteiger partial charge in [-0.1, -0.05) is 51.4 Å². The van der Waals surface area contributed by atoms with E-state index in [-0.39, 0.29) is 12.1 Å². The number of tetrazole rings is 1. The molecule has 0 saturated carbocycles. The molecule has 1 aliphatic rings. The molecule has 0 amide bonds. The minimum Gasteiger partial charge on any atom is -0.346 e. The molecule has 0 radical (unpaired) electrons. The SMILES string of the molecule is Cc1ccc([C@H]2C[C@@H](c3cccc(Br)c3)n3nnnc3N2)cc1C. The van der Waals surface area contributed by atoms with Crippen molar-refractivity contribution in [1.29, 1.82) is 0 Å². The topological polar surface area (TPSA) is 55.6 Å². The van der Waals surface area contributed by atoms with Crippen molar-refractivity contribution in [1.82, 2.24) is 20.2 Å². The molecule has 0 aliphatic carbocycles. The van der Waals surface area contributed by atoms with Crippen LogP contribution in [0.2, 0.25) is 0 Å². The molecule has 2 atom stereocenters. The van der Waals surface area contributed by atoms with Crippen LogP contribution >= 0.6 is 15.9 Å². The van der Waals surface area contributed by atoms with E-state index in [0.717, 1.165) is 16.8 Å². The van der Waals surface area contributed by atoms with Gasteiger partial charge in [0, 0.05) is 4.47 Å². The van der Waals surface area contributed by atoms with Crippen molar-refractivity contribution in [2.24, 2.45) is 0 Å². The van der Waals surface area contributed by atoms with Crippen molar-refractivity contribution in [2.45, 2.75) is 32.4 Å². The van der Waals surface area contributed by atoms with Gasteiger partial charge in [0.1, 0.15) is 0 Å². The highest BCUT2D eigenvalue weighted by molar-refractivity contribution is 9.10. The second-order valence-corrected chi connectivity index (χ2v) is 7.21. The summed E-state index contributed by atoms with van der Waals surface area (Å²) in [5.41, 5.74) is 5.09. The number of anilines is 1. The average molecular weight is 384 g/mol. The smallest absolute Gasteiger partial charge is 0.243 e. The molecular formula is C18H18BrN5. The number of halogens is 1. The normalized spacial score (nSPS) is 19.6. The molecule has 5 nitrogen and oxygen atoms in total. The van der Waals surface area contributed by atoms with Crippen molar-refractivity contribution in [3.8, 4) is 0 Å². The summed E-state index contributed by atoms with van der Waals surface area (Å²) in [6.45, 7) is 4.29. The lowest BCUT2D eigenvalue weighted by molar-refractivity contribution is 0.423. The van der Waals surface area contributed by atoms with E-state index in [1.165, 1.54) is 22.3 Å². The molecule has 6 heteroatoms. The Morgan fingerprint density at radius 1 is 1.08 bits per heavy atom. The highest BCUT2D eigenvalue weighted by atomic mass is 79.9. The fraction of sp³-hybridized carbons (Fsp3) is 0.278. The van der Waals surface area contributed by atoms with Gasteiger partial charge in [-0.2, -0.15) is 0 Å². The lowest BCUT2D eigenvalue weighted by Gasteiger charge is -2.31. The van der Waals surface area contributed by atoms with E-state index >= 15 is 0 Å². The highest BCUT2D eigenvalue weighted by Gasteiger charge is 2.30. The molecule has 1 aliphatic heterocycles. The van der Waals surface area contributed by atoms with E-state index in [9.17, 15) is 0 Å². The lowest BCUT2D eigenvalue weighted by atomic mass is 9.92. The summed E-state index contributed by atoms with van der Waals surface area (Å²) in [7, 11) is 0. The number of nitrogens with zero attached hydrogens (tertiary/aromatic N) is 4. The van der Waals surface area contributed by atoms with Gasteiger partial charge in [0.05, 0.1) is 12.1 Å². The first-order chi connectivity index (χ1) is 11.6. The molecule has 0 fully saturated rings. The Labute approximate surface area is 149 Å². The van der Waals surface area contributed by atoms with Crippen LogP contribution in [0.25, 0.3) is 0 Å². The van der Waals surface area contributed by atoms with Crippen LogP contribution in [-0.2, 0) is 0 Å². The van der Waals surface area contributed by atoms with E-state index < -0.39 is 0 Å². The fourth-order valence-corrected chi connectivity index (χ4v) is 3.65. The summed E-state index contributed by atoms with van der Waals surface area (Å²) in [6.07, 6.45) is 0.900. The molecule has 24 heavy (non-hydrogen) atoms. The first-order valence-electron chi connectivity index (χ1n) is 7.99. The van der Waals surface area contributed by atoms with Crippen molar-refractivity contribution in [3.63, 3.8) is 0 Å². The summed E-state index contributed by atoms with van der Waals surface area (Å²) < 4.78 is 2.94. The second-order valence-electron chi connectivity index (χ2n) is 6.29. The molecule has 2 heterocycles. The van der Waals surface area contributed by atoms with Crippen LogP contribution in [0, 0.1) is 13.8 Å². The van der Waals surface area contributed by atoms with Gasteiger partial charge in [0.2, 0.25) is 5.95 Å². The molecule has 0 spiro atoms. The molecule has 122 valence electrons. The van der Waals surface area contributed by atoms with Gasteiger partial charge in [-0.15, -0.1) is 0 Å². The van der Waals surface area contributed by atoms with Crippen LogP contribution in [0.15, 0.2) is 46.9 Å². The zero-order valence-electron chi connectivity index (χ0n) is 13.6. The van der Waals surface area contributed by atoms with E-state index in [1.54, 1.807) is 0 Å². The Morgan fingerprint density at radius 3 is 2.75 bits per heavy atom. The highest BCUT2D eigenvalue weighted by Crippen LogP contribution is 2.37. The van der Waals surface area contributed by atoms with E-state index in [4.69, 9.17) is 0 Å². The maximum Gasteiger partial charge on any atom is 0.243 e. The molecular weight excluding hydrogens is 366 g/mol. The first-order valence-corrected chi connectivity index (χ1v) is 8.78. The number of aryl methyl sites for hydroxylation is 2. The van der Waals surface area contributed by atoms with E-state index in [2.05, 4.69) is 87.0 Å². The van der Waals surface area contributed by atoms with Crippen molar-refractivity contribution in [2.75, 3.05) is 5.32 Å². The minimum absolute atomic E-state index is 0.111. The molecule has 0 bridgehead atoms. The van der Waals surface area contributed by atoms with Gasteiger partial charge in [-0.3, -0.25) is 0 Å². The number of benzene rings is 2. The second kappa shape index (κ2) is 6.02. The summed E-state index contributed by atoms with van der Waals surface area (Å²) >= 11 is 3.56. The predicted molar refractivity (Wildman–Crippen MR) is 97.0 cm³/mol. The summed E-state index contributed by atoms with van der Waals surface area (Å²) in [5.74, 6) is 0.717. The van der Waals surface area contributed by atoms with Gasteiger partial charge in [0.25, 0.3) is 0 Å². The maximum absolute atomic E-state index is 4.18. The van der Waals surface area contributed by atoms with Crippen LogP contribution in [0.3, 0.4) is 0 Å². The van der Waals surface area contributed by atoms with Crippen molar-refractivity contribution >= 4 is 21.9 Å². The van der Waals surface area contributed by atoms with Crippen LogP contribution in [-0.4, -0.2) is 20.2 Å². The number of rotatable bonds is 2. The third-order valence-corrected chi connectivity index (χ3v) is 5.21. The predicted octanol–water partition coefficient (Wildman–Crippen LogP) is 4.20. The molecule has 1 aromatic heterocycles. The summed E-state index contributed by atoms with van der Waals surface area (Å²) in [5, 5.41) is 15.7. The maximum atomic E-state index is 4.18. The number of hydrogen-bond donors (Lipinski definition) is 1. The Kier molecular flexibility index (Phi) is 3.84. The van der Waals surface area contributed by atoms with E-state index in [1.807, 2.05) is 10.7 Å². The number of hydrogen-bond acceptors (Lipinski definition) is 4. The van der Waals surface area contributed by atoms with Gasteiger partial charge < -0.3 is 5.32 Å². The standard InChI is InChI=1S/C18H18BrN5/c1-11-6-7-13(8-12(11)2)16-10-17(14-4-3-5-15(19)9-14)24-18(20-16)21-22-23-24/h3-9,16-17H,10H2,1-2H3,(H,20,21,23)/t16-,17+/m1/s1. The van der Waals surface area contributed by atoms with Gasteiger partial charge in [-0.25, -0.2) is 4.68 Å². The lowest BCUT2D eigenvalue weighted by Crippen LogP contribution is -2.28. The fourth-order valence-electron chi connectivity index (χ4n) is 3.23. The quantitative estimate of drug-likeness (QED) is 0.720. The van der Waals surface area contributed by atoms with Crippen LogP contribution in [0.1, 0.15) is 40.8 Å². The molecule has 0 saturated heterocycles. The van der Waals surface area contributed by atoms with Gasteiger partial charge in [0.15, 0.2) is 0 Å². The summed E-state index contributed by atoms with van der Waals surface area (Å²) in [4.78, 5) is 0. The van der Waals surface area contributed by atoms with Crippen molar-refractivity contribution in [3.05, 3.63) is 69.2 Å². The Balaban J connectivity index is 1.74. The first kappa shape index (κ1) is 15.3. The zero-order chi connectivity index (χ0) is 16.7. The molecule has 4 rings (SSSR count). The third kappa shape index (κ3) is 2.71. The molecule has 3 aromatic rings. The average Bonchev–Trinajstić information content (AvgIpc) is 3.05. The Morgan fingerprint density at radius 2 is 1.96 bits per heavy atom. The largest absolute Gasteiger partial charge is 0.346 e. The van der Waals surface area contributed by atoms with Crippen LogP contribution in [0.5, 0.6) is 0 Å². The van der Waals surface area contributed by atoms with Crippen LogP contribution < -0.4 is 5.32 Å². The Hall–Kier alpha value is -2.21. The minimum atomic E-state index is 0.111. The van der Waals surface area contributed by atoms with Crippen molar-refractivity contribution < 1.29 is 0 Å². The zero-order valence-corrected chi connectivity index (χ0v) is 15.2. The van der Waals surface area contributed by atoms with Gasteiger partial charge >= 0.3 is 0 Å². The molecule has 0 unspecified atom stereocenters. The molecule has 1 N–H and O–H groups in total. The van der Waals surface area contributed by atoms with Crippen LogP contribution in [0.4, 0.5) is 5.95 Å².